The highest BCUT2D eigenvalue weighted by atomic mass is 32.2. The van der Waals surface area contributed by atoms with Gasteiger partial charge in [-0.2, -0.15) is 9.94 Å². The van der Waals surface area contributed by atoms with E-state index in [2.05, 4.69) is 25.3 Å². The Hall–Kier alpha value is -1.36. The molecule has 0 saturated heterocycles. The second kappa shape index (κ2) is 5.10. The van der Waals surface area contributed by atoms with Crippen molar-refractivity contribution in [3.63, 3.8) is 0 Å². The van der Waals surface area contributed by atoms with Crippen molar-refractivity contribution in [3.8, 4) is 0 Å². The Morgan fingerprint density at radius 3 is 2.89 bits per heavy atom. The van der Waals surface area contributed by atoms with Crippen LogP contribution in [0, 0.1) is 0 Å². The number of rotatable bonds is 5. The fourth-order valence-electron chi connectivity index (χ4n) is 1.31. The zero-order valence-corrected chi connectivity index (χ0v) is 11.1. The summed E-state index contributed by atoms with van der Waals surface area (Å²) >= 11 is 1.14. The van der Waals surface area contributed by atoms with Crippen molar-refractivity contribution in [1.29, 1.82) is 0 Å². The summed E-state index contributed by atoms with van der Waals surface area (Å²) in [6, 6.07) is 2.66. The summed E-state index contributed by atoms with van der Waals surface area (Å²) in [6.45, 7) is 1.96. The van der Waals surface area contributed by atoms with Gasteiger partial charge >= 0.3 is 0 Å². The molecule has 2 aromatic rings. The fourth-order valence-corrected chi connectivity index (χ4v) is 3.76. The van der Waals surface area contributed by atoms with E-state index in [0.29, 0.717) is 6.54 Å². The van der Waals surface area contributed by atoms with E-state index in [1.54, 1.807) is 13.0 Å². The monoisotopic (exact) mass is 288 g/mol. The molecule has 10 heteroatoms. The zero-order chi connectivity index (χ0) is 13.2. The Bertz CT molecular complexity index is 605. The molecule has 0 fully saturated rings. The van der Waals surface area contributed by atoms with Crippen LogP contribution in [0.25, 0.3) is 0 Å². The standard InChI is InChI=1S/C8H12N6O2S2/c1-5(8-10-13-14-11-8)12-18(15,16)7-3-2-6(4-9)17-7/h2-3,5,12H,4,9H2,1H3,(H,10,11,13,14). The lowest BCUT2D eigenvalue weighted by Crippen LogP contribution is -2.27. The van der Waals surface area contributed by atoms with Crippen molar-refractivity contribution in [2.75, 3.05) is 0 Å². The van der Waals surface area contributed by atoms with Gasteiger partial charge in [0.1, 0.15) is 4.21 Å². The summed E-state index contributed by atoms with van der Waals surface area (Å²) in [5.74, 6) is 0.286. The predicted molar refractivity (Wildman–Crippen MR) is 65.1 cm³/mol. The van der Waals surface area contributed by atoms with E-state index in [9.17, 15) is 8.42 Å². The van der Waals surface area contributed by atoms with Crippen molar-refractivity contribution in [2.24, 2.45) is 5.73 Å². The van der Waals surface area contributed by atoms with Gasteiger partial charge in [-0.25, -0.2) is 8.42 Å². The van der Waals surface area contributed by atoms with Crippen molar-refractivity contribution < 1.29 is 8.42 Å². The molecule has 8 nitrogen and oxygen atoms in total. The fraction of sp³-hybridized carbons (Fsp3) is 0.375. The van der Waals surface area contributed by atoms with E-state index in [1.165, 1.54) is 6.07 Å². The topological polar surface area (TPSA) is 127 Å². The van der Waals surface area contributed by atoms with Gasteiger partial charge in [-0.1, -0.05) is 5.21 Å². The molecule has 98 valence electrons. The lowest BCUT2D eigenvalue weighted by Gasteiger charge is -2.08. The summed E-state index contributed by atoms with van der Waals surface area (Å²) in [5.41, 5.74) is 5.45. The third-order valence-corrected chi connectivity index (χ3v) is 5.32. The molecule has 0 aliphatic heterocycles. The van der Waals surface area contributed by atoms with Crippen molar-refractivity contribution >= 4 is 21.4 Å². The SMILES string of the molecule is CC(NS(=O)(=O)c1ccc(CN)s1)c1nn[nH]n1. The van der Waals surface area contributed by atoms with Crippen LogP contribution in [-0.2, 0) is 16.6 Å². The molecule has 0 spiro atoms. The number of thiophene rings is 1. The molecule has 0 aliphatic carbocycles. The van der Waals surface area contributed by atoms with Crippen LogP contribution in [0.3, 0.4) is 0 Å². The number of H-pyrrole nitrogens is 1. The number of nitrogens with one attached hydrogen (secondary N) is 2. The number of sulfonamides is 1. The van der Waals surface area contributed by atoms with Gasteiger partial charge in [-0.3, -0.25) is 0 Å². The molecule has 2 aromatic heterocycles. The Balaban J connectivity index is 2.17. The minimum Gasteiger partial charge on any atom is -0.326 e. The third kappa shape index (κ3) is 2.72. The average Bonchev–Trinajstić information content (AvgIpc) is 3.00. The molecule has 0 amide bonds. The largest absolute Gasteiger partial charge is 0.326 e. The van der Waals surface area contributed by atoms with Gasteiger partial charge < -0.3 is 5.73 Å². The first-order chi connectivity index (χ1) is 8.53. The average molecular weight is 288 g/mol. The van der Waals surface area contributed by atoms with Crippen LogP contribution in [0.2, 0.25) is 0 Å². The highest BCUT2D eigenvalue weighted by molar-refractivity contribution is 7.91. The molecule has 0 saturated carbocycles. The quantitative estimate of drug-likeness (QED) is 0.697. The predicted octanol–water partition coefficient (Wildman–Crippen LogP) is -0.241. The molecule has 2 heterocycles. The normalized spacial score (nSPS) is 13.7. The van der Waals surface area contributed by atoms with Crippen LogP contribution in [0.1, 0.15) is 23.7 Å². The second-order valence-electron chi connectivity index (χ2n) is 3.54. The van der Waals surface area contributed by atoms with Gasteiger partial charge in [-0.05, 0) is 19.1 Å². The minimum atomic E-state index is -3.58. The van der Waals surface area contributed by atoms with E-state index in [0.717, 1.165) is 16.2 Å². The lowest BCUT2D eigenvalue weighted by atomic mass is 10.4. The van der Waals surface area contributed by atoms with E-state index in [4.69, 9.17) is 5.73 Å². The van der Waals surface area contributed by atoms with Gasteiger partial charge in [0, 0.05) is 11.4 Å². The minimum absolute atomic E-state index is 0.221. The van der Waals surface area contributed by atoms with Gasteiger partial charge in [0.15, 0.2) is 5.82 Å². The Morgan fingerprint density at radius 1 is 1.56 bits per heavy atom. The number of nitrogens with two attached hydrogens (primary N) is 1. The summed E-state index contributed by atoms with van der Waals surface area (Å²) in [7, 11) is -3.58. The van der Waals surface area contributed by atoms with Crippen LogP contribution in [0.4, 0.5) is 0 Å². The molecule has 0 bridgehead atoms. The Labute approximate surface area is 108 Å². The van der Waals surface area contributed by atoms with E-state index in [1.807, 2.05) is 0 Å². The van der Waals surface area contributed by atoms with Crippen molar-refractivity contribution in [1.82, 2.24) is 25.3 Å². The Kier molecular flexibility index (Phi) is 3.71. The van der Waals surface area contributed by atoms with Gasteiger partial charge in [0.05, 0.1) is 6.04 Å². The Morgan fingerprint density at radius 2 is 2.33 bits per heavy atom. The number of hydrogen-bond acceptors (Lipinski definition) is 7. The molecule has 4 N–H and O–H groups in total. The molecule has 0 aliphatic rings. The molecule has 2 rings (SSSR count). The van der Waals surface area contributed by atoms with Crippen LogP contribution in [0.15, 0.2) is 16.3 Å². The smallest absolute Gasteiger partial charge is 0.250 e. The summed E-state index contributed by atoms with van der Waals surface area (Å²) in [4.78, 5) is 0.808. The van der Waals surface area contributed by atoms with Gasteiger partial charge in [0.25, 0.3) is 10.0 Å². The third-order valence-electron chi connectivity index (χ3n) is 2.18. The van der Waals surface area contributed by atoms with Gasteiger partial charge in [-0.15, -0.1) is 21.5 Å². The molecule has 0 radical (unpaired) electrons. The van der Waals surface area contributed by atoms with Crippen LogP contribution < -0.4 is 10.5 Å². The number of aromatic amines is 1. The van der Waals surface area contributed by atoms with Crippen LogP contribution in [0.5, 0.6) is 0 Å². The summed E-state index contributed by atoms with van der Waals surface area (Å²) < 4.78 is 26.8. The summed E-state index contributed by atoms with van der Waals surface area (Å²) in [6.07, 6.45) is 0. The lowest BCUT2D eigenvalue weighted by molar-refractivity contribution is 0.562. The molecular formula is C8H12N6O2S2. The van der Waals surface area contributed by atoms with Crippen LogP contribution >= 0.6 is 11.3 Å². The van der Waals surface area contributed by atoms with E-state index < -0.39 is 16.1 Å². The summed E-state index contributed by atoms with van der Waals surface area (Å²) in [5, 5.41) is 13.1. The number of tetrazole rings is 1. The number of aromatic nitrogens is 4. The maximum atomic E-state index is 12.0. The first-order valence-corrected chi connectivity index (χ1v) is 7.37. The van der Waals surface area contributed by atoms with E-state index >= 15 is 0 Å². The molecule has 18 heavy (non-hydrogen) atoms. The molecule has 1 unspecified atom stereocenters. The first kappa shape index (κ1) is 13.1. The second-order valence-corrected chi connectivity index (χ2v) is 6.65. The van der Waals surface area contributed by atoms with Crippen LogP contribution in [-0.4, -0.2) is 29.0 Å². The molecule has 1 atom stereocenters. The maximum absolute atomic E-state index is 12.0. The molecular weight excluding hydrogens is 276 g/mol. The molecule has 0 aromatic carbocycles. The maximum Gasteiger partial charge on any atom is 0.250 e. The highest BCUT2D eigenvalue weighted by Crippen LogP contribution is 2.22. The number of nitrogens with zero attached hydrogens (tertiary/aromatic N) is 3. The van der Waals surface area contributed by atoms with Gasteiger partial charge in [0.2, 0.25) is 0 Å². The van der Waals surface area contributed by atoms with Crippen molar-refractivity contribution in [3.05, 3.63) is 22.8 Å². The zero-order valence-electron chi connectivity index (χ0n) is 9.49. The first-order valence-electron chi connectivity index (χ1n) is 5.07. The van der Waals surface area contributed by atoms with Crippen molar-refractivity contribution in [2.45, 2.75) is 23.7 Å². The number of hydrogen-bond donors (Lipinski definition) is 3. The van der Waals surface area contributed by atoms with E-state index in [-0.39, 0.29) is 10.0 Å². The highest BCUT2D eigenvalue weighted by Gasteiger charge is 2.22.